The van der Waals surface area contributed by atoms with Gasteiger partial charge >= 0.3 is 22.6 Å². The van der Waals surface area contributed by atoms with E-state index >= 15 is 0 Å². The third-order valence-electron chi connectivity index (χ3n) is 4.47. The zero-order valence-corrected chi connectivity index (χ0v) is 16.3. The van der Waals surface area contributed by atoms with E-state index in [1.807, 2.05) is 0 Å². The van der Waals surface area contributed by atoms with Gasteiger partial charge in [-0.05, 0) is 55.3 Å². The summed E-state index contributed by atoms with van der Waals surface area (Å²) in [6.07, 6.45) is 13.0. The van der Waals surface area contributed by atoms with E-state index in [1.54, 1.807) is 0 Å². The summed E-state index contributed by atoms with van der Waals surface area (Å²) in [6, 6.07) is 0. The monoisotopic (exact) mass is 356 g/mol. The summed E-state index contributed by atoms with van der Waals surface area (Å²) in [7, 11) is 0. The van der Waals surface area contributed by atoms with Crippen LogP contribution >= 0.6 is 0 Å². The normalized spacial score (nSPS) is 20.9. The average molecular weight is 356 g/mol. The smallest absolute Gasteiger partial charge is 0 e. The third kappa shape index (κ3) is 11.2. The zero-order valence-electron chi connectivity index (χ0n) is 15.1. The van der Waals surface area contributed by atoms with Crippen molar-refractivity contribution in [3.05, 3.63) is 55.7 Å². The Morgan fingerprint density at radius 3 is 1.00 bits per heavy atom. The quantitative estimate of drug-likeness (QED) is 0.306. The van der Waals surface area contributed by atoms with Crippen LogP contribution in [-0.4, -0.2) is 0 Å². The van der Waals surface area contributed by atoms with E-state index in [-0.39, 0.29) is 17.1 Å². The van der Waals surface area contributed by atoms with Gasteiger partial charge in [-0.25, -0.2) is 0 Å². The molecule has 23 heavy (non-hydrogen) atoms. The van der Waals surface area contributed by atoms with Crippen LogP contribution in [0.2, 0.25) is 0 Å². The minimum absolute atomic E-state index is 0. The molecule has 0 unspecified atom stereocenters. The molecule has 0 N–H and O–H groups in total. The largest absolute Gasteiger partial charge is 0.0533 e. The summed E-state index contributed by atoms with van der Waals surface area (Å²) < 4.78 is 15.0. The second-order valence-corrected chi connectivity index (χ2v) is 5.59. The first-order valence-electron chi connectivity index (χ1n) is 7.81. The van der Waals surface area contributed by atoms with Gasteiger partial charge in [-0.3, -0.25) is 0 Å². The molecular weight excluding hydrogens is 327 g/mol. The molecule has 0 aliphatic heterocycles. The topological polar surface area (TPSA) is 39.8 Å². The zero-order chi connectivity index (χ0) is 17.5. The molecule has 0 heterocycles. The van der Waals surface area contributed by atoms with Crippen LogP contribution in [-0.2, 0) is 26.4 Å². The Kier molecular flexibility index (Phi) is 22.2. The molecule has 0 spiro atoms. The summed E-state index contributed by atoms with van der Waals surface area (Å²) in [5.41, 5.74) is 0. The Hall–Kier alpha value is -0.000519. The van der Waals surface area contributed by atoms with Crippen LogP contribution in [0, 0.1) is 55.7 Å². The third-order valence-corrected chi connectivity index (χ3v) is 4.47. The van der Waals surface area contributed by atoms with Gasteiger partial charge in [0.15, 0.2) is 0 Å². The molecule has 0 atom stereocenters. The van der Waals surface area contributed by atoms with Gasteiger partial charge in [0.25, 0.3) is 0 Å². The first-order chi connectivity index (χ1) is 10.6. The van der Waals surface area contributed by atoms with Crippen LogP contribution in [0.15, 0.2) is 0 Å². The molecule has 0 aromatic heterocycles. The fraction of sp³-hybridized carbons (Fsp3) is 0.550. The van der Waals surface area contributed by atoms with Gasteiger partial charge in [0.2, 0.25) is 0 Å². The van der Waals surface area contributed by atoms with E-state index in [0.717, 1.165) is 0 Å². The fourth-order valence-electron chi connectivity index (χ4n) is 2.52. The maximum Gasteiger partial charge on any atom is 0 e. The molecule has 2 aliphatic rings. The van der Waals surface area contributed by atoms with E-state index in [1.165, 1.54) is 68.1 Å². The summed E-state index contributed by atoms with van der Waals surface area (Å²) in [6.45, 7) is 20.0. The molecule has 0 aromatic rings. The molecule has 128 valence electrons. The minimum atomic E-state index is 0. The van der Waals surface area contributed by atoms with Crippen LogP contribution in [0.4, 0.5) is 0 Å². The Labute approximate surface area is 155 Å². The number of hydrogen-bond donors (Lipinski definition) is 0. The molecule has 2 aliphatic carbocycles. The predicted octanol–water partition coefficient (Wildman–Crippen LogP) is 5.64. The molecule has 0 amide bonds. The molecule has 0 saturated heterocycles. The van der Waals surface area contributed by atoms with Gasteiger partial charge in [0.1, 0.15) is 0 Å². The van der Waals surface area contributed by atoms with Gasteiger partial charge in [-0.2, -0.15) is 0 Å². The van der Waals surface area contributed by atoms with Crippen molar-refractivity contribution in [2.75, 3.05) is 0 Å². The minimum Gasteiger partial charge on any atom is -0.0533 e. The number of rotatable bonds is 0. The van der Waals surface area contributed by atoms with Crippen molar-refractivity contribution in [1.29, 1.82) is 0 Å². The van der Waals surface area contributed by atoms with Crippen LogP contribution in [0.5, 0.6) is 0 Å². The first kappa shape index (κ1) is 27.8. The predicted molar refractivity (Wildman–Crippen MR) is 88.7 cm³/mol. The molecule has 2 fully saturated rings. The molecule has 8 radical (unpaired) electrons. The summed E-state index contributed by atoms with van der Waals surface area (Å²) in [4.78, 5) is 0. The Morgan fingerprint density at radius 2 is 0.783 bits per heavy atom. The van der Waals surface area contributed by atoms with Crippen molar-refractivity contribution in [2.45, 2.75) is 73.1 Å². The van der Waals surface area contributed by atoms with Gasteiger partial charge in [-0.1, -0.05) is 60.3 Å². The van der Waals surface area contributed by atoms with Crippen molar-refractivity contribution in [3.8, 4) is 0 Å². The summed E-state index contributed by atoms with van der Waals surface area (Å²) >= 11 is 0. The Bertz CT molecular complexity index is 213. The van der Waals surface area contributed by atoms with E-state index in [4.69, 9.17) is 9.30 Å². The first-order valence-corrected chi connectivity index (χ1v) is 7.81. The molecule has 0 bridgehead atoms. The van der Waals surface area contributed by atoms with Crippen molar-refractivity contribution < 1.29 is 26.4 Å². The van der Waals surface area contributed by atoms with Crippen molar-refractivity contribution in [1.82, 2.24) is 0 Å². The van der Waals surface area contributed by atoms with E-state index in [9.17, 15) is 0 Å². The number of hydrogen-bond acceptors (Lipinski definition) is 0. The van der Waals surface area contributed by atoms with Crippen LogP contribution in [0.1, 0.15) is 73.1 Å². The molecule has 3 heteroatoms. The van der Waals surface area contributed by atoms with E-state index in [2.05, 4.69) is 60.8 Å². The van der Waals surface area contributed by atoms with Crippen LogP contribution < -0.4 is 0 Å². The standard InChI is InChI=1S/C10H15.C8H14.2CO.Mn/c1-6-7(2)9(4)10(5)8(6)3;1-2-4-6-8-7-5-3-1;2*1-2;/h1-5H3;1-2H,3-8H2;;;. The van der Waals surface area contributed by atoms with Crippen molar-refractivity contribution in [3.63, 3.8) is 0 Å². The Morgan fingerprint density at radius 1 is 0.565 bits per heavy atom. The van der Waals surface area contributed by atoms with E-state index in [0.29, 0.717) is 0 Å². The van der Waals surface area contributed by atoms with Crippen LogP contribution in [0.25, 0.3) is 0 Å². The maximum atomic E-state index is 7.50. The molecular formula is C20H29MnO2. The fourth-order valence-corrected chi connectivity index (χ4v) is 2.52. The summed E-state index contributed by atoms with van der Waals surface area (Å²) in [5, 5.41) is 0. The second-order valence-electron chi connectivity index (χ2n) is 5.59. The molecule has 0 aromatic carbocycles. The SMILES string of the molecule is C[C]1[C](C)[C](C)[C](C)[C]1C.[C-]#[O+].[C-]#[O+].[CH]1[CH]CCCCCC1.[Mn]. The summed E-state index contributed by atoms with van der Waals surface area (Å²) in [5.74, 6) is 7.34. The van der Waals surface area contributed by atoms with Crippen molar-refractivity contribution >= 4 is 0 Å². The maximum absolute atomic E-state index is 7.50. The van der Waals surface area contributed by atoms with Gasteiger partial charge in [-0.15, -0.1) is 0 Å². The van der Waals surface area contributed by atoms with Gasteiger partial charge in [0.05, 0.1) is 0 Å². The molecule has 2 saturated carbocycles. The average Bonchev–Trinajstić information content (AvgIpc) is 2.69. The molecule has 2 nitrogen and oxygen atoms in total. The van der Waals surface area contributed by atoms with Gasteiger partial charge < -0.3 is 0 Å². The van der Waals surface area contributed by atoms with E-state index < -0.39 is 0 Å². The van der Waals surface area contributed by atoms with Gasteiger partial charge in [0, 0.05) is 17.1 Å². The van der Waals surface area contributed by atoms with Crippen molar-refractivity contribution in [2.24, 2.45) is 0 Å². The second kappa shape index (κ2) is 18.3. The molecule has 2 rings (SSSR count). The van der Waals surface area contributed by atoms with Crippen LogP contribution in [0.3, 0.4) is 0 Å². The Balaban J connectivity index is -0.000000280.